The van der Waals surface area contributed by atoms with E-state index in [2.05, 4.69) is 12.3 Å². The lowest BCUT2D eigenvalue weighted by molar-refractivity contribution is -0.383. The summed E-state index contributed by atoms with van der Waals surface area (Å²) in [6, 6.07) is 1.07. The molecule has 118 valence electrons. The Balaban J connectivity index is 2.26. The Bertz CT molecular complexity index is 628. The van der Waals surface area contributed by atoms with Gasteiger partial charge in [-0.15, -0.1) is 0 Å². The van der Waals surface area contributed by atoms with Crippen molar-refractivity contribution in [2.75, 3.05) is 18.5 Å². The minimum atomic E-state index is -3.68. The number of hydrogen-bond donors (Lipinski definition) is 2. The fourth-order valence-corrected chi connectivity index (χ4v) is 5.44. The zero-order chi connectivity index (χ0) is 15.6. The molecular formula is C11H18N4O4S2. The summed E-state index contributed by atoms with van der Waals surface area (Å²) in [5, 5.41) is 10.9. The minimum absolute atomic E-state index is 0.0423. The number of rotatable bonds is 6. The number of sulfonamides is 1. The Kier molecular flexibility index (Phi) is 4.81. The standard InChI is InChI=1S/C11H18N4O4S2/c1-2-3-8-4-5-14(7-8)21(18,19)10-6-9(15(16)17)11(13-12)20-10/h6,8,13H,2-5,7,12H2,1H3. The van der Waals surface area contributed by atoms with E-state index in [0.717, 1.165) is 36.7 Å². The van der Waals surface area contributed by atoms with Crippen molar-refractivity contribution in [1.29, 1.82) is 0 Å². The number of hydrogen-bond acceptors (Lipinski definition) is 7. The van der Waals surface area contributed by atoms with Gasteiger partial charge in [0.25, 0.3) is 10.0 Å². The number of hydrazine groups is 1. The second-order valence-corrected chi connectivity index (χ2v) is 8.20. The molecule has 1 saturated heterocycles. The van der Waals surface area contributed by atoms with Crippen molar-refractivity contribution in [3.8, 4) is 0 Å². The van der Waals surface area contributed by atoms with E-state index in [1.54, 1.807) is 0 Å². The SMILES string of the molecule is CCCC1CCN(S(=O)(=O)c2cc([N+](=O)[O-])c(NN)s2)C1. The number of nitrogen functional groups attached to an aromatic ring is 1. The number of nitrogens with one attached hydrogen (secondary N) is 1. The third-order valence-electron chi connectivity index (χ3n) is 3.56. The molecule has 0 spiro atoms. The first kappa shape index (κ1) is 16.1. The summed E-state index contributed by atoms with van der Waals surface area (Å²) in [7, 11) is -3.68. The van der Waals surface area contributed by atoms with Crippen LogP contribution in [-0.2, 0) is 10.0 Å². The Morgan fingerprint density at radius 1 is 1.62 bits per heavy atom. The lowest BCUT2D eigenvalue weighted by atomic mass is 10.0. The van der Waals surface area contributed by atoms with Gasteiger partial charge in [0.05, 0.1) is 4.92 Å². The van der Waals surface area contributed by atoms with Gasteiger partial charge in [-0.3, -0.25) is 10.1 Å². The van der Waals surface area contributed by atoms with Gasteiger partial charge >= 0.3 is 5.69 Å². The van der Waals surface area contributed by atoms with Gasteiger partial charge < -0.3 is 5.43 Å². The molecule has 0 amide bonds. The maximum absolute atomic E-state index is 12.5. The molecule has 0 radical (unpaired) electrons. The van der Waals surface area contributed by atoms with Crippen molar-refractivity contribution in [2.24, 2.45) is 11.8 Å². The van der Waals surface area contributed by atoms with Crippen molar-refractivity contribution >= 4 is 32.0 Å². The summed E-state index contributed by atoms with van der Waals surface area (Å²) in [4.78, 5) is 10.2. The van der Waals surface area contributed by atoms with Crippen molar-refractivity contribution in [2.45, 2.75) is 30.4 Å². The van der Waals surface area contributed by atoms with Crippen molar-refractivity contribution in [3.63, 3.8) is 0 Å². The molecule has 10 heteroatoms. The Morgan fingerprint density at radius 3 is 2.86 bits per heavy atom. The molecule has 21 heavy (non-hydrogen) atoms. The van der Waals surface area contributed by atoms with Gasteiger partial charge in [0.1, 0.15) is 4.21 Å². The van der Waals surface area contributed by atoms with E-state index in [1.807, 2.05) is 0 Å². The van der Waals surface area contributed by atoms with Gasteiger partial charge in [-0.2, -0.15) is 4.31 Å². The van der Waals surface area contributed by atoms with Crippen LogP contribution in [-0.4, -0.2) is 30.7 Å². The maximum atomic E-state index is 12.5. The van der Waals surface area contributed by atoms with Crippen LogP contribution < -0.4 is 11.3 Å². The predicted octanol–water partition coefficient (Wildman–Crippen LogP) is 1.75. The van der Waals surface area contributed by atoms with Crippen LogP contribution in [0.5, 0.6) is 0 Å². The van der Waals surface area contributed by atoms with E-state index in [9.17, 15) is 18.5 Å². The second-order valence-electron chi connectivity index (χ2n) is 4.99. The summed E-state index contributed by atoms with van der Waals surface area (Å²) in [5.41, 5.74) is 1.87. The smallest absolute Gasteiger partial charge is 0.306 e. The van der Waals surface area contributed by atoms with E-state index in [0.29, 0.717) is 19.0 Å². The molecule has 1 aliphatic rings. The summed E-state index contributed by atoms with van der Waals surface area (Å²) >= 11 is 0.789. The molecule has 1 atom stereocenters. The highest BCUT2D eigenvalue weighted by molar-refractivity contribution is 7.91. The highest BCUT2D eigenvalue weighted by Gasteiger charge is 2.35. The van der Waals surface area contributed by atoms with E-state index in [1.165, 1.54) is 4.31 Å². The summed E-state index contributed by atoms with van der Waals surface area (Å²) in [6.45, 7) is 3.01. The van der Waals surface area contributed by atoms with E-state index < -0.39 is 14.9 Å². The normalized spacial score (nSPS) is 19.8. The first-order valence-electron chi connectivity index (χ1n) is 6.65. The van der Waals surface area contributed by atoms with Crippen LogP contribution in [0.3, 0.4) is 0 Å². The third-order valence-corrected chi connectivity index (χ3v) is 6.93. The van der Waals surface area contributed by atoms with Gasteiger partial charge in [-0.05, 0) is 18.8 Å². The van der Waals surface area contributed by atoms with Crippen LogP contribution in [0, 0.1) is 16.0 Å². The molecule has 0 aromatic carbocycles. The summed E-state index contributed by atoms with van der Waals surface area (Å²) in [5.74, 6) is 5.58. The van der Waals surface area contributed by atoms with E-state index >= 15 is 0 Å². The van der Waals surface area contributed by atoms with Crippen LogP contribution in [0.15, 0.2) is 10.3 Å². The lowest BCUT2D eigenvalue weighted by Crippen LogP contribution is -2.28. The highest BCUT2D eigenvalue weighted by Crippen LogP contribution is 2.38. The van der Waals surface area contributed by atoms with Crippen LogP contribution in [0.25, 0.3) is 0 Å². The molecule has 0 saturated carbocycles. The molecule has 1 aromatic rings. The third kappa shape index (κ3) is 3.18. The van der Waals surface area contributed by atoms with E-state index in [-0.39, 0.29) is 14.9 Å². The number of thiophene rings is 1. The van der Waals surface area contributed by atoms with Crippen LogP contribution in [0.4, 0.5) is 10.7 Å². The maximum Gasteiger partial charge on any atom is 0.306 e. The van der Waals surface area contributed by atoms with Gasteiger partial charge in [0.15, 0.2) is 5.00 Å². The van der Waals surface area contributed by atoms with Gasteiger partial charge in [0, 0.05) is 19.2 Å². The van der Waals surface area contributed by atoms with Gasteiger partial charge in [-0.25, -0.2) is 14.3 Å². The zero-order valence-electron chi connectivity index (χ0n) is 11.6. The Morgan fingerprint density at radius 2 is 2.33 bits per heavy atom. The van der Waals surface area contributed by atoms with Crippen molar-refractivity contribution in [3.05, 3.63) is 16.2 Å². The van der Waals surface area contributed by atoms with Crippen molar-refractivity contribution < 1.29 is 13.3 Å². The first-order chi connectivity index (χ1) is 9.90. The molecule has 1 aromatic heterocycles. The fraction of sp³-hybridized carbons (Fsp3) is 0.636. The van der Waals surface area contributed by atoms with E-state index in [4.69, 9.17) is 5.84 Å². The molecule has 1 aliphatic heterocycles. The molecule has 0 bridgehead atoms. The Labute approximate surface area is 127 Å². The Hall–Kier alpha value is -1.23. The molecule has 3 N–H and O–H groups in total. The average Bonchev–Trinajstić information content (AvgIpc) is 3.05. The number of nitrogens with zero attached hydrogens (tertiary/aromatic N) is 2. The topological polar surface area (TPSA) is 119 Å². The molecule has 1 fully saturated rings. The van der Waals surface area contributed by atoms with Crippen LogP contribution >= 0.6 is 11.3 Å². The molecule has 8 nitrogen and oxygen atoms in total. The fourth-order valence-electron chi connectivity index (χ4n) is 2.51. The van der Waals surface area contributed by atoms with Gasteiger partial charge in [-0.1, -0.05) is 24.7 Å². The summed E-state index contributed by atoms with van der Waals surface area (Å²) in [6.07, 6.45) is 2.85. The summed E-state index contributed by atoms with van der Waals surface area (Å²) < 4.78 is 26.4. The van der Waals surface area contributed by atoms with Crippen LogP contribution in [0.1, 0.15) is 26.2 Å². The number of nitrogens with two attached hydrogens (primary N) is 1. The zero-order valence-corrected chi connectivity index (χ0v) is 13.2. The number of anilines is 1. The molecule has 2 rings (SSSR count). The largest absolute Gasteiger partial charge is 0.310 e. The monoisotopic (exact) mass is 334 g/mol. The minimum Gasteiger partial charge on any atom is -0.310 e. The van der Waals surface area contributed by atoms with Crippen molar-refractivity contribution in [1.82, 2.24) is 4.31 Å². The molecule has 1 unspecified atom stereocenters. The average molecular weight is 334 g/mol. The first-order valence-corrected chi connectivity index (χ1v) is 8.90. The molecular weight excluding hydrogens is 316 g/mol. The number of nitro groups is 1. The molecule has 0 aliphatic carbocycles. The quantitative estimate of drug-likeness (QED) is 0.465. The van der Waals surface area contributed by atoms with Crippen LogP contribution in [0.2, 0.25) is 0 Å². The predicted molar refractivity (Wildman–Crippen MR) is 80.6 cm³/mol. The lowest BCUT2D eigenvalue weighted by Gasteiger charge is -2.14. The highest BCUT2D eigenvalue weighted by atomic mass is 32.2. The molecule has 2 heterocycles. The second kappa shape index (κ2) is 6.26. The van der Waals surface area contributed by atoms with Gasteiger partial charge in [0.2, 0.25) is 0 Å².